The number of carbonyl (C=O) groups excluding carboxylic acids is 2. The number of carboxylic acid groups (broad SMARTS) is 1. The number of hydrogen-bond donors (Lipinski definition) is 4. The maximum absolute atomic E-state index is 11.8. The van der Waals surface area contributed by atoms with Crippen LogP contribution in [0.2, 0.25) is 0 Å². The molecule has 0 rings (SSSR count). The molecule has 10 nitrogen and oxygen atoms in total. The van der Waals surface area contributed by atoms with Gasteiger partial charge in [0.25, 0.3) is 10.1 Å². The van der Waals surface area contributed by atoms with Gasteiger partial charge in [0.2, 0.25) is 5.91 Å². The minimum absolute atomic E-state index is 0. The molecule has 1 amide bonds. The Morgan fingerprint density at radius 2 is 1.57 bits per heavy atom. The molecule has 0 saturated carbocycles. The van der Waals surface area contributed by atoms with Crippen LogP contribution in [0.15, 0.2) is 12.2 Å². The van der Waals surface area contributed by atoms with Crippen molar-refractivity contribution in [2.75, 3.05) is 13.2 Å². The van der Waals surface area contributed by atoms with Gasteiger partial charge in [-0.25, -0.2) is 0 Å². The topological polar surface area (TPSA) is 167 Å². The van der Waals surface area contributed by atoms with Crippen LogP contribution in [0, 0.1) is 0 Å². The van der Waals surface area contributed by atoms with Gasteiger partial charge in [-0.3, -0.25) is 18.9 Å². The van der Waals surface area contributed by atoms with Gasteiger partial charge < -0.3 is 20.3 Å². The maximum Gasteiger partial charge on any atom is 0.325 e. The average molecular weight is 568 g/mol. The number of ether oxygens (including phenoxy) is 1. The van der Waals surface area contributed by atoms with Gasteiger partial charge in [-0.15, -0.1) is 0 Å². The van der Waals surface area contributed by atoms with E-state index >= 15 is 0 Å². The molecule has 37 heavy (non-hydrogen) atoms. The number of aliphatic carboxylic acids is 1. The molecule has 0 fully saturated rings. The minimum atomic E-state index is -4.92. The Hall–Kier alpha value is 0.0200. The fraction of sp³-hybridized carbons (Fsp3) is 0.792. The van der Waals surface area contributed by atoms with E-state index in [1.54, 1.807) is 0 Å². The zero-order chi connectivity index (χ0) is 26.5. The fourth-order valence-corrected chi connectivity index (χ4v) is 3.95. The Labute approximate surface area is 266 Å². The summed E-state index contributed by atoms with van der Waals surface area (Å²) in [5.41, 5.74) is 0. The van der Waals surface area contributed by atoms with Gasteiger partial charge in [0.05, 0.1) is 19.1 Å². The second-order valence-corrected chi connectivity index (χ2v) is 10.2. The number of hydrogen-bond acceptors (Lipinski definition) is 7. The van der Waals surface area contributed by atoms with Crippen LogP contribution in [0.4, 0.5) is 0 Å². The fourth-order valence-electron chi connectivity index (χ4n) is 3.35. The van der Waals surface area contributed by atoms with Crippen LogP contribution >= 0.6 is 0 Å². The van der Waals surface area contributed by atoms with Gasteiger partial charge in [0.1, 0.15) is 6.61 Å². The molecule has 0 saturated heterocycles. The Kier molecular flexibility index (Phi) is 29.4. The SMILES string of the molecule is CCCCCCC(O)CC=CCCCCCCCC(=O)NCCOC(=O)CC(C(=O)O)S(=O)(=O)O.[Na].[Na]. The summed E-state index contributed by atoms with van der Waals surface area (Å²) in [6.45, 7) is 1.96. The molecule has 0 bridgehead atoms. The van der Waals surface area contributed by atoms with Crippen molar-refractivity contribution in [3.63, 3.8) is 0 Å². The van der Waals surface area contributed by atoms with E-state index in [4.69, 9.17) is 14.4 Å². The normalized spacial score (nSPS) is 12.7. The van der Waals surface area contributed by atoms with Crippen LogP contribution in [-0.2, 0) is 29.2 Å². The predicted octanol–water partition coefficient (Wildman–Crippen LogP) is 2.62. The Balaban J connectivity index is -0.00000578. The van der Waals surface area contributed by atoms with Crippen LogP contribution in [0.1, 0.15) is 96.8 Å². The quantitative estimate of drug-likeness (QED) is 0.0505. The molecule has 206 valence electrons. The zero-order valence-electron chi connectivity index (χ0n) is 22.8. The number of aliphatic hydroxyl groups is 1. The number of carbonyl (C=O) groups is 3. The molecule has 0 heterocycles. The molecule has 0 aliphatic carbocycles. The van der Waals surface area contributed by atoms with Crippen molar-refractivity contribution >= 4 is 87.1 Å². The Morgan fingerprint density at radius 3 is 2.19 bits per heavy atom. The van der Waals surface area contributed by atoms with E-state index in [-0.39, 0.29) is 84.3 Å². The van der Waals surface area contributed by atoms with Crippen molar-refractivity contribution < 1.29 is 42.3 Å². The van der Waals surface area contributed by atoms with Crippen LogP contribution < -0.4 is 5.32 Å². The summed E-state index contributed by atoms with van der Waals surface area (Å²) in [5.74, 6) is -3.14. The maximum atomic E-state index is 11.8. The van der Waals surface area contributed by atoms with Crippen LogP contribution in [-0.4, -0.2) is 125 Å². The van der Waals surface area contributed by atoms with Crippen molar-refractivity contribution in [3.05, 3.63) is 12.2 Å². The first-order valence-corrected chi connectivity index (χ1v) is 14.0. The number of unbranched alkanes of at least 4 members (excludes halogenated alkanes) is 8. The van der Waals surface area contributed by atoms with E-state index in [1.807, 2.05) is 0 Å². The summed E-state index contributed by atoms with van der Waals surface area (Å²) in [6.07, 6.45) is 15.4. The third kappa shape index (κ3) is 26.0. The standard InChI is InChI=1S/C24H43NO9S.2Na/c1-2-3-4-11-14-20(26)15-12-9-7-5-6-8-10-13-16-22(27)25-17-18-34-23(28)19-21(24(29)30)35(31,32)33;;/h9,12,20-21,26H,2-8,10-11,13-19H2,1H3,(H,25,27)(H,29,30)(H,31,32,33);;. The van der Waals surface area contributed by atoms with Crippen molar-refractivity contribution in [1.29, 1.82) is 0 Å². The van der Waals surface area contributed by atoms with Crippen LogP contribution in [0.25, 0.3) is 0 Å². The number of amides is 1. The number of esters is 1. The molecule has 0 aromatic rings. The summed E-state index contributed by atoms with van der Waals surface area (Å²) in [6, 6.07) is 0. The molecule has 0 aliphatic heterocycles. The predicted molar refractivity (Wildman–Crippen MR) is 144 cm³/mol. The molecule has 0 aromatic carbocycles. The molecule has 4 N–H and O–H groups in total. The van der Waals surface area contributed by atoms with Gasteiger partial charge in [-0.05, 0) is 32.1 Å². The van der Waals surface area contributed by atoms with Gasteiger partial charge in [-0.2, -0.15) is 8.42 Å². The molecule has 0 aliphatic rings. The molecular weight excluding hydrogens is 524 g/mol. The van der Waals surface area contributed by atoms with E-state index in [1.165, 1.54) is 19.3 Å². The van der Waals surface area contributed by atoms with Gasteiger partial charge in [-0.1, -0.05) is 64.0 Å². The first kappa shape index (κ1) is 41.5. The third-order valence-electron chi connectivity index (χ3n) is 5.41. The first-order valence-electron chi connectivity index (χ1n) is 12.5. The van der Waals surface area contributed by atoms with Crippen molar-refractivity contribution in [2.45, 2.75) is 108 Å². The van der Waals surface area contributed by atoms with Crippen LogP contribution in [0.3, 0.4) is 0 Å². The molecule has 2 atom stereocenters. The van der Waals surface area contributed by atoms with E-state index in [2.05, 4.69) is 24.4 Å². The third-order valence-corrected chi connectivity index (χ3v) is 6.50. The first-order chi connectivity index (χ1) is 16.6. The van der Waals surface area contributed by atoms with Gasteiger partial charge in [0.15, 0.2) is 5.25 Å². The monoisotopic (exact) mass is 567 g/mol. The summed E-state index contributed by atoms with van der Waals surface area (Å²) < 4.78 is 35.3. The number of nitrogens with one attached hydrogen (secondary N) is 1. The van der Waals surface area contributed by atoms with Gasteiger partial charge in [0, 0.05) is 65.5 Å². The summed E-state index contributed by atoms with van der Waals surface area (Å²) in [5, 5.41) is 18.9. The van der Waals surface area contributed by atoms with E-state index in [0.29, 0.717) is 12.8 Å². The molecular formula is C24H43NNa2O9S. The second kappa shape index (κ2) is 26.3. The molecule has 0 aromatic heterocycles. The Bertz CT molecular complexity index is 749. The zero-order valence-corrected chi connectivity index (χ0v) is 27.6. The Morgan fingerprint density at radius 1 is 0.946 bits per heavy atom. The molecule has 2 unspecified atom stereocenters. The molecule has 13 heteroatoms. The summed E-state index contributed by atoms with van der Waals surface area (Å²) in [4.78, 5) is 34.1. The van der Waals surface area contributed by atoms with Crippen molar-refractivity contribution in [1.82, 2.24) is 5.32 Å². The van der Waals surface area contributed by atoms with Gasteiger partial charge >= 0.3 is 11.9 Å². The molecule has 2 radical (unpaired) electrons. The number of allylic oxidation sites excluding steroid dienone is 1. The summed E-state index contributed by atoms with van der Waals surface area (Å²) >= 11 is 0. The average Bonchev–Trinajstić information content (AvgIpc) is 2.78. The molecule has 0 spiro atoms. The van der Waals surface area contributed by atoms with Crippen LogP contribution in [0.5, 0.6) is 0 Å². The van der Waals surface area contributed by atoms with E-state index in [0.717, 1.165) is 51.4 Å². The number of rotatable bonds is 22. The van der Waals surface area contributed by atoms with E-state index in [9.17, 15) is 27.9 Å². The minimum Gasteiger partial charge on any atom is -0.480 e. The van der Waals surface area contributed by atoms with E-state index < -0.39 is 33.7 Å². The second-order valence-electron chi connectivity index (χ2n) is 8.63. The van der Waals surface area contributed by atoms with Crippen molar-refractivity contribution in [3.8, 4) is 0 Å². The number of carboxylic acids is 1. The number of aliphatic hydroxyl groups excluding tert-OH is 1. The smallest absolute Gasteiger partial charge is 0.325 e. The largest absolute Gasteiger partial charge is 0.480 e. The summed E-state index contributed by atoms with van der Waals surface area (Å²) in [7, 11) is -4.92. The van der Waals surface area contributed by atoms with Crippen molar-refractivity contribution in [2.24, 2.45) is 0 Å².